The molecule has 0 radical (unpaired) electrons. The van der Waals surface area contributed by atoms with E-state index in [4.69, 9.17) is 18.9 Å². The van der Waals surface area contributed by atoms with E-state index in [1.54, 1.807) is 51.2 Å². The summed E-state index contributed by atoms with van der Waals surface area (Å²) in [5.74, 6) is 0.139. The van der Waals surface area contributed by atoms with Crippen LogP contribution in [-0.2, 0) is 26.4 Å². The number of carbonyl (C=O) groups is 2. The van der Waals surface area contributed by atoms with Crippen molar-refractivity contribution in [2.24, 2.45) is 7.05 Å². The number of aryl methyl sites for hydroxylation is 1. The fourth-order valence-corrected chi connectivity index (χ4v) is 5.29. The van der Waals surface area contributed by atoms with Crippen LogP contribution in [0.1, 0.15) is 28.4 Å². The Balaban J connectivity index is 2.34. The van der Waals surface area contributed by atoms with E-state index in [2.05, 4.69) is 5.10 Å². The highest BCUT2D eigenvalue weighted by Gasteiger charge is 2.31. The van der Waals surface area contributed by atoms with Gasteiger partial charge in [0.05, 0.1) is 11.8 Å². The van der Waals surface area contributed by atoms with Crippen molar-refractivity contribution >= 4 is 32.7 Å². The Morgan fingerprint density at radius 1 is 1.11 bits per heavy atom. The van der Waals surface area contributed by atoms with E-state index in [9.17, 15) is 18.0 Å². The van der Waals surface area contributed by atoms with Gasteiger partial charge in [0.2, 0.25) is 5.88 Å². The molecule has 3 aromatic rings. The van der Waals surface area contributed by atoms with Gasteiger partial charge in [-0.1, -0.05) is 37.3 Å². The fourth-order valence-electron chi connectivity index (χ4n) is 3.80. The highest BCUT2D eigenvalue weighted by atomic mass is 32.2. The summed E-state index contributed by atoms with van der Waals surface area (Å²) in [6.07, 6.45) is 1.63. The number of thioether (sulfide) groups is 1. The lowest BCUT2D eigenvalue weighted by molar-refractivity contribution is -0.122. The summed E-state index contributed by atoms with van der Waals surface area (Å²) in [7, 11) is 0.459. The van der Waals surface area contributed by atoms with Crippen molar-refractivity contribution in [1.29, 1.82) is 0 Å². The summed E-state index contributed by atoms with van der Waals surface area (Å²) in [6.45, 7) is 3.26. The van der Waals surface area contributed by atoms with E-state index >= 15 is 0 Å². The zero-order valence-corrected chi connectivity index (χ0v) is 23.6. The number of sulfone groups is 1. The van der Waals surface area contributed by atoms with Crippen LogP contribution in [0.25, 0.3) is 11.1 Å². The maximum absolute atomic E-state index is 13.6. The maximum atomic E-state index is 13.6. The molecule has 1 heterocycles. The first-order chi connectivity index (χ1) is 18.0. The molecule has 2 aromatic carbocycles. The lowest BCUT2D eigenvalue weighted by Crippen LogP contribution is -2.23. The third kappa shape index (κ3) is 6.44. The third-order valence-corrected chi connectivity index (χ3v) is 7.40. The summed E-state index contributed by atoms with van der Waals surface area (Å²) in [5.41, 5.74) is 1.25. The van der Waals surface area contributed by atoms with Crippen molar-refractivity contribution in [3.8, 4) is 22.8 Å². The Hall–Kier alpha value is -3.19. The van der Waals surface area contributed by atoms with Gasteiger partial charge in [0.1, 0.15) is 17.3 Å². The minimum atomic E-state index is -3.95. The lowest BCUT2D eigenvalue weighted by Gasteiger charge is -2.22. The second-order valence-electron chi connectivity index (χ2n) is 8.21. The summed E-state index contributed by atoms with van der Waals surface area (Å²) in [6, 6.07) is 10.1. The zero-order valence-electron chi connectivity index (χ0n) is 22.0. The molecule has 0 aliphatic carbocycles. The Morgan fingerprint density at radius 3 is 2.34 bits per heavy atom. The number of ether oxygens (including phenoxy) is 4. The second-order valence-corrected chi connectivity index (χ2v) is 11.4. The van der Waals surface area contributed by atoms with Crippen molar-refractivity contribution in [2.45, 2.75) is 25.0 Å². The van der Waals surface area contributed by atoms with Gasteiger partial charge in [0.25, 0.3) is 0 Å². The topological polar surface area (TPSA) is 123 Å². The molecule has 0 saturated carbocycles. The van der Waals surface area contributed by atoms with Gasteiger partial charge < -0.3 is 18.9 Å². The van der Waals surface area contributed by atoms with E-state index in [-0.39, 0.29) is 45.6 Å². The molecule has 0 aliphatic rings. The van der Waals surface area contributed by atoms with Crippen LogP contribution in [0.5, 0.6) is 11.6 Å². The SMILES string of the molecule is CCSC(=O)Oc1c(-c2cc(C(=O)c3ccccc3)c(C)c(OCC(OC)OC)c2S(C)(=O)=O)cnn1C. The van der Waals surface area contributed by atoms with E-state index in [0.29, 0.717) is 16.9 Å². The number of ketones is 1. The van der Waals surface area contributed by atoms with Gasteiger partial charge in [-0.2, -0.15) is 5.10 Å². The first-order valence-electron chi connectivity index (χ1n) is 11.6. The molecule has 0 unspecified atom stereocenters. The molecule has 0 saturated heterocycles. The van der Waals surface area contributed by atoms with Gasteiger partial charge in [-0.3, -0.25) is 4.79 Å². The largest absolute Gasteiger partial charge is 0.487 e. The molecule has 0 N–H and O–H groups in total. The Kier molecular flexibility index (Phi) is 9.71. The number of rotatable bonds is 11. The van der Waals surface area contributed by atoms with Crippen LogP contribution in [-0.4, -0.2) is 68.4 Å². The quantitative estimate of drug-likeness (QED) is 0.190. The minimum Gasteiger partial charge on any atom is -0.487 e. The fraction of sp³-hybridized carbons (Fsp3) is 0.346. The summed E-state index contributed by atoms with van der Waals surface area (Å²) in [4.78, 5) is 25.7. The molecule has 0 bridgehead atoms. The van der Waals surface area contributed by atoms with Crippen LogP contribution in [0.2, 0.25) is 0 Å². The highest BCUT2D eigenvalue weighted by Crippen LogP contribution is 2.43. The van der Waals surface area contributed by atoms with E-state index in [0.717, 1.165) is 18.0 Å². The van der Waals surface area contributed by atoms with Crippen LogP contribution in [0.15, 0.2) is 47.5 Å². The molecule has 3 rings (SSSR count). The van der Waals surface area contributed by atoms with Gasteiger partial charge >= 0.3 is 5.30 Å². The second kappa shape index (κ2) is 12.6. The van der Waals surface area contributed by atoms with E-state index < -0.39 is 21.4 Å². The van der Waals surface area contributed by atoms with Crippen molar-refractivity contribution in [3.63, 3.8) is 0 Å². The van der Waals surface area contributed by atoms with Gasteiger partial charge in [0.15, 0.2) is 21.9 Å². The Morgan fingerprint density at radius 2 is 1.76 bits per heavy atom. The summed E-state index contributed by atoms with van der Waals surface area (Å²) in [5, 5.41) is 3.61. The normalized spacial score (nSPS) is 11.6. The molecule has 1 aromatic heterocycles. The molecule has 38 heavy (non-hydrogen) atoms. The molecule has 0 amide bonds. The number of nitrogens with zero attached hydrogens (tertiary/aromatic N) is 2. The molecule has 12 heteroatoms. The minimum absolute atomic E-state index is 0.0282. The summed E-state index contributed by atoms with van der Waals surface area (Å²) >= 11 is 0.952. The van der Waals surface area contributed by atoms with Gasteiger partial charge in [0, 0.05) is 55.5 Å². The first-order valence-corrected chi connectivity index (χ1v) is 14.4. The van der Waals surface area contributed by atoms with Crippen molar-refractivity contribution in [2.75, 3.05) is 32.8 Å². The number of hydrogen-bond donors (Lipinski definition) is 0. The maximum Gasteiger partial charge on any atom is 0.374 e. The van der Waals surface area contributed by atoms with Crippen molar-refractivity contribution in [1.82, 2.24) is 9.78 Å². The van der Waals surface area contributed by atoms with Gasteiger partial charge in [-0.25, -0.2) is 17.9 Å². The lowest BCUT2D eigenvalue weighted by atomic mass is 9.94. The number of carbonyl (C=O) groups excluding carboxylic acids is 2. The molecule has 0 aliphatic heterocycles. The first kappa shape index (κ1) is 29.4. The molecule has 0 fully saturated rings. The van der Waals surface area contributed by atoms with E-state index in [1.165, 1.54) is 31.2 Å². The van der Waals surface area contributed by atoms with Gasteiger partial charge in [-0.05, 0) is 24.8 Å². The average Bonchev–Trinajstić information content (AvgIpc) is 3.24. The predicted molar refractivity (Wildman–Crippen MR) is 144 cm³/mol. The molecule has 0 spiro atoms. The molecule has 10 nitrogen and oxygen atoms in total. The van der Waals surface area contributed by atoms with Gasteiger partial charge in [-0.15, -0.1) is 0 Å². The van der Waals surface area contributed by atoms with Crippen molar-refractivity contribution < 1.29 is 37.0 Å². The number of aromatic nitrogens is 2. The number of benzene rings is 2. The van der Waals surface area contributed by atoms with Crippen LogP contribution in [0.3, 0.4) is 0 Å². The monoisotopic (exact) mass is 562 g/mol. The standard InChI is InChI=1S/C26H30N2O8S2/c1-7-37-26(30)36-25-20(14-27-28(25)3)19-13-18(22(29)17-11-9-8-10-12-17)16(2)23(24(19)38(6,31)32)35-15-21(33-4)34-5/h8-14,21H,7,15H2,1-6H3. The zero-order chi connectivity index (χ0) is 28.0. The Labute approximate surface area is 226 Å². The summed E-state index contributed by atoms with van der Waals surface area (Å²) < 4.78 is 49.6. The molecular formula is C26H30N2O8S2. The number of hydrogen-bond acceptors (Lipinski definition) is 10. The van der Waals surface area contributed by atoms with Crippen molar-refractivity contribution in [3.05, 3.63) is 59.3 Å². The third-order valence-electron chi connectivity index (χ3n) is 5.64. The van der Waals surface area contributed by atoms with Crippen LogP contribution >= 0.6 is 11.8 Å². The Bertz CT molecular complexity index is 1410. The highest BCUT2D eigenvalue weighted by molar-refractivity contribution is 8.13. The molecular weight excluding hydrogens is 532 g/mol. The predicted octanol–water partition coefficient (Wildman–Crippen LogP) is 4.28. The number of methoxy groups -OCH3 is 2. The van der Waals surface area contributed by atoms with Crippen LogP contribution in [0.4, 0.5) is 4.79 Å². The van der Waals surface area contributed by atoms with Crippen LogP contribution in [0, 0.1) is 6.92 Å². The molecule has 204 valence electrons. The average molecular weight is 563 g/mol. The van der Waals surface area contributed by atoms with Crippen LogP contribution < -0.4 is 9.47 Å². The molecule has 0 atom stereocenters. The van der Waals surface area contributed by atoms with E-state index in [1.807, 2.05) is 0 Å². The smallest absolute Gasteiger partial charge is 0.374 e.